The molecule has 0 bridgehead atoms. The van der Waals surface area contributed by atoms with E-state index in [1.807, 2.05) is 54.7 Å². The Hall–Kier alpha value is -2.33. The summed E-state index contributed by atoms with van der Waals surface area (Å²) in [6, 6.07) is 14.0. The molecule has 0 spiro atoms. The van der Waals surface area contributed by atoms with E-state index in [4.69, 9.17) is 11.6 Å². The lowest BCUT2D eigenvalue weighted by Gasteiger charge is -2.19. The zero-order valence-corrected chi connectivity index (χ0v) is 13.1. The second-order valence-electron chi connectivity index (χ2n) is 5.12. The molecule has 5 heteroatoms. The molecule has 0 amide bonds. The number of halogens is 1. The molecule has 3 rings (SSSR count). The number of benzene rings is 1. The Labute approximate surface area is 135 Å². The highest BCUT2D eigenvalue weighted by Crippen LogP contribution is 2.22. The zero-order chi connectivity index (χ0) is 15.4. The van der Waals surface area contributed by atoms with Crippen LogP contribution < -0.4 is 4.90 Å². The normalized spacial score (nSPS) is 10.6. The van der Waals surface area contributed by atoms with Crippen molar-refractivity contribution in [2.24, 2.45) is 0 Å². The fraction of sp³-hybridized carbons (Fsp3) is 0.176. The van der Waals surface area contributed by atoms with Crippen LogP contribution in [0.25, 0.3) is 0 Å². The Morgan fingerprint density at radius 3 is 2.64 bits per heavy atom. The van der Waals surface area contributed by atoms with Gasteiger partial charge in [0.1, 0.15) is 11.6 Å². The minimum Gasteiger partial charge on any atom is -0.351 e. The van der Waals surface area contributed by atoms with Gasteiger partial charge in [-0.15, -0.1) is 0 Å². The molecule has 2 aromatic heterocycles. The summed E-state index contributed by atoms with van der Waals surface area (Å²) in [5.41, 5.74) is 1.25. The molecular weight excluding hydrogens is 296 g/mol. The second-order valence-corrected chi connectivity index (χ2v) is 5.53. The number of hydrogen-bond acceptors (Lipinski definition) is 3. The van der Waals surface area contributed by atoms with Crippen LogP contribution in [0.1, 0.15) is 11.4 Å². The molecule has 0 aliphatic rings. The van der Waals surface area contributed by atoms with E-state index < -0.39 is 0 Å². The van der Waals surface area contributed by atoms with Crippen LogP contribution in [0, 0.1) is 0 Å². The van der Waals surface area contributed by atoms with Gasteiger partial charge in [0.15, 0.2) is 0 Å². The van der Waals surface area contributed by atoms with Gasteiger partial charge in [0.2, 0.25) is 0 Å². The van der Waals surface area contributed by atoms with Gasteiger partial charge in [-0.25, -0.2) is 9.97 Å². The molecule has 0 saturated carbocycles. The Morgan fingerprint density at radius 1 is 1.05 bits per heavy atom. The Balaban J connectivity index is 1.76. The van der Waals surface area contributed by atoms with Crippen molar-refractivity contribution < 1.29 is 0 Å². The predicted octanol–water partition coefficient (Wildman–Crippen LogP) is 3.62. The Bertz CT molecular complexity index is 739. The topological polar surface area (TPSA) is 34.0 Å². The summed E-state index contributed by atoms with van der Waals surface area (Å²) in [6.45, 7) is 1.45. The lowest BCUT2D eigenvalue weighted by Crippen LogP contribution is -2.21. The van der Waals surface area contributed by atoms with Crippen molar-refractivity contribution >= 4 is 17.4 Å². The van der Waals surface area contributed by atoms with E-state index in [0.717, 1.165) is 18.2 Å². The van der Waals surface area contributed by atoms with Gasteiger partial charge in [-0.05, 0) is 17.7 Å². The largest absolute Gasteiger partial charge is 0.351 e. The third-order valence-corrected chi connectivity index (χ3v) is 3.77. The molecule has 0 fully saturated rings. The van der Waals surface area contributed by atoms with Crippen molar-refractivity contribution in [1.29, 1.82) is 0 Å². The standard InChI is InChI=1S/C17H17ClN4/c1-21(17-15(18)8-5-9-20-17)13-16-19-10-11-22(16)12-14-6-3-2-4-7-14/h2-11H,12-13H2,1H3. The average Bonchev–Trinajstić information content (AvgIpc) is 2.95. The first-order valence-corrected chi connectivity index (χ1v) is 7.47. The molecule has 2 heterocycles. The third kappa shape index (κ3) is 3.28. The minimum absolute atomic E-state index is 0.645. The average molecular weight is 313 g/mol. The number of rotatable bonds is 5. The van der Waals surface area contributed by atoms with Crippen molar-refractivity contribution in [2.45, 2.75) is 13.1 Å². The maximum absolute atomic E-state index is 6.20. The van der Waals surface area contributed by atoms with E-state index in [2.05, 4.69) is 26.7 Å². The Morgan fingerprint density at radius 2 is 1.86 bits per heavy atom. The predicted molar refractivity (Wildman–Crippen MR) is 89.1 cm³/mol. The molecule has 1 aromatic carbocycles. The molecule has 0 saturated heterocycles. The molecule has 4 nitrogen and oxygen atoms in total. The molecule has 0 aliphatic carbocycles. The van der Waals surface area contributed by atoms with Gasteiger partial charge in [0.05, 0.1) is 11.6 Å². The fourth-order valence-electron chi connectivity index (χ4n) is 2.36. The van der Waals surface area contributed by atoms with Gasteiger partial charge in [0.25, 0.3) is 0 Å². The van der Waals surface area contributed by atoms with Crippen molar-refractivity contribution in [2.75, 3.05) is 11.9 Å². The first-order chi connectivity index (χ1) is 10.7. The van der Waals surface area contributed by atoms with Crippen LogP contribution in [-0.2, 0) is 13.1 Å². The first kappa shape index (κ1) is 14.6. The monoisotopic (exact) mass is 312 g/mol. The quantitative estimate of drug-likeness (QED) is 0.721. The maximum atomic E-state index is 6.20. The Kier molecular flexibility index (Phi) is 4.39. The van der Waals surface area contributed by atoms with Crippen LogP contribution in [0.4, 0.5) is 5.82 Å². The molecule has 0 unspecified atom stereocenters. The number of hydrogen-bond donors (Lipinski definition) is 0. The van der Waals surface area contributed by atoms with Crippen LogP contribution in [0.15, 0.2) is 61.1 Å². The molecule has 112 valence electrons. The maximum Gasteiger partial charge on any atom is 0.147 e. The van der Waals surface area contributed by atoms with Gasteiger partial charge < -0.3 is 9.47 Å². The molecule has 0 radical (unpaired) electrons. The van der Waals surface area contributed by atoms with Crippen molar-refractivity contribution in [3.63, 3.8) is 0 Å². The van der Waals surface area contributed by atoms with Crippen molar-refractivity contribution in [1.82, 2.24) is 14.5 Å². The minimum atomic E-state index is 0.645. The van der Waals surface area contributed by atoms with Crippen LogP contribution in [0.3, 0.4) is 0 Å². The van der Waals surface area contributed by atoms with E-state index in [1.165, 1.54) is 5.56 Å². The van der Waals surface area contributed by atoms with E-state index >= 15 is 0 Å². The number of nitrogens with zero attached hydrogens (tertiary/aromatic N) is 4. The summed E-state index contributed by atoms with van der Waals surface area (Å²) in [7, 11) is 1.97. The molecule has 0 atom stereocenters. The number of imidazole rings is 1. The van der Waals surface area contributed by atoms with Crippen LogP contribution >= 0.6 is 11.6 Å². The smallest absolute Gasteiger partial charge is 0.147 e. The zero-order valence-electron chi connectivity index (χ0n) is 12.4. The fourth-order valence-corrected chi connectivity index (χ4v) is 2.63. The van der Waals surface area contributed by atoms with Crippen molar-refractivity contribution in [3.05, 3.63) is 77.5 Å². The summed E-state index contributed by atoms with van der Waals surface area (Å²) in [4.78, 5) is 10.8. The summed E-state index contributed by atoms with van der Waals surface area (Å²) in [5, 5.41) is 0.645. The lowest BCUT2D eigenvalue weighted by atomic mass is 10.2. The highest BCUT2D eigenvalue weighted by molar-refractivity contribution is 6.32. The van der Waals surface area contributed by atoms with E-state index in [-0.39, 0.29) is 0 Å². The number of pyridine rings is 1. The highest BCUT2D eigenvalue weighted by atomic mass is 35.5. The van der Waals surface area contributed by atoms with E-state index in [1.54, 1.807) is 6.20 Å². The van der Waals surface area contributed by atoms with E-state index in [9.17, 15) is 0 Å². The summed E-state index contributed by atoms with van der Waals surface area (Å²) >= 11 is 6.20. The van der Waals surface area contributed by atoms with Gasteiger partial charge in [-0.1, -0.05) is 41.9 Å². The SMILES string of the molecule is CN(Cc1nccn1Cc1ccccc1)c1ncccc1Cl. The summed E-state index contributed by atoms with van der Waals surface area (Å²) < 4.78 is 2.14. The molecule has 0 N–H and O–H groups in total. The van der Waals surface area contributed by atoms with Gasteiger partial charge >= 0.3 is 0 Å². The van der Waals surface area contributed by atoms with Gasteiger partial charge in [-0.2, -0.15) is 0 Å². The van der Waals surface area contributed by atoms with Gasteiger partial charge in [0, 0.05) is 32.2 Å². The molecule has 3 aromatic rings. The third-order valence-electron chi connectivity index (χ3n) is 3.48. The molecule has 0 aliphatic heterocycles. The number of anilines is 1. The summed E-state index contributed by atoms with van der Waals surface area (Å²) in [5.74, 6) is 1.74. The second kappa shape index (κ2) is 6.62. The first-order valence-electron chi connectivity index (χ1n) is 7.09. The lowest BCUT2D eigenvalue weighted by molar-refractivity contribution is 0.704. The number of aromatic nitrogens is 3. The molecule has 22 heavy (non-hydrogen) atoms. The van der Waals surface area contributed by atoms with E-state index in [0.29, 0.717) is 11.6 Å². The van der Waals surface area contributed by atoms with Crippen LogP contribution in [0.5, 0.6) is 0 Å². The van der Waals surface area contributed by atoms with Crippen LogP contribution in [0.2, 0.25) is 5.02 Å². The van der Waals surface area contributed by atoms with Crippen LogP contribution in [-0.4, -0.2) is 21.6 Å². The summed E-state index contributed by atoms with van der Waals surface area (Å²) in [6.07, 6.45) is 5.57. The van der Waals surface area contributed by atoms with Gasteiger partial charge in [-0.3, -0.25) is 0 Å². The molecular formula is C17H17ClN4. The van der Waals surface area contributed by atoms with Crippen molar-refractivity contribution in [3.8, 4) is 0 Å². The highest BCUT2D eigenvalue weighted by Gasteiger charge is 2.11.